The van der Waals surface area contributed by atoms with E-state index < -0.39 is 17.5 Å². The Balaban J connectivity index is 1.57. The molecule has 8 nitrogen and oxygen atoms in total. The summed E-state index contributed by atoms with van der Waals surface area (Å²) >= 11 is 0. The lowest BCUT2D eigenvalue weighted by atomic mass is 9.95. The van der Waals surface area contributed by atoms with Crippen LogP contribution in [0.5, 0.6) is 0 Å². The van der Waals surface area contributed by atoms with Crippen molar-refractivity contribution in [3.8, 4) is 0 Å². The van der Waals surface area contributed by atoms with Crippen LogP contribution in [0.1, 0.15) is 48.4 Å². The number of morpholine rings is 1. The van der Waals surface area contributed by atoms with Crippen LogP contribution in [-0.4, -0.2) is 55.1 Å². The molecule has 1 unspecified atom stereocenters. The Labute approximate surface area is 187 Å². The van der Waals surface area contributed by atoms with E-state index in [4.69, 9.17) is 9.47 Å². The first-order valence-electron chi connectivity index (χ1n) is 10.6. The summed E-state index contributed by atoms with van der Waals surface area (Å²) in [6.45, 7) is 9.79. The van der Waals surface area contributed by atoms with Gasteiger partial charge < -0.3 is 19.7 Å². The summed E-state index contributed by atoms with van der Waals surface area (Å²) in [5, 5.41) is 2.81. The molecule has 1 aromatic carbocycles. The summed E-state index contributed by atoms with van der Waals surface area (Å²) in [5.41, 5.74) is 0.742. The predicted octanol–water partition coefficient (Wildman–Crippen LogP) is 3.33. The lowest BCUT2D eigenvalue weighted by Gasteiger charge is -2.27. The number of hydrogen-bond donors (Lipinski definition) is 1. The lowest BCUT2D eigenvalue weighted by Crippen LogP contribution is -2.36. The van der Waals surface area contributed by atoms with Crippen molar-refractivity contribution in [2.24, 2.45) is 5.41 Å². The van der Waals surface area contributed by atoms with Crippen LogP contribution in [-0.2, 0) is 14.3 Å². The third-order valence-corrected chi connectivity index (χ3v) is 5.08. The van der Waals surface area contributed by atoms with Crippen molar-refractivity contribution in [3.05, 3.63) is 53.7 Å². The second kappa shape index (κ2) is 9.91. The number of pyridine rings is 1. The van der Waals surface area contributed by atoms with Gasteiger partial charge >= 0.3 is 5.97 Å². The molecule has 0 aliphatic carbocycles. The molecule has 1 aromatic heterocycles. The second-order valence-electron chi connectivity index (χ2n) is 8.70. The number of hydrogen-bond acceptors (Lipinski definition) is 7. The van der Waals surface area contributed by atoms with Crippen molar-refractivity contribution in [3.63, 3.8) is 0 Å². The lowest BCUT2D eigenvalue weighted by molar-refractivity contribution is -0.123. The van der Waals surface area contributed by atoms with Crippen molar-refractivity contribution >= 4 is 29.2 Å². The van der Waals surface area contributed by atoms with Gasteiger partial charge in [0, 0.05) is 36.0 Å². The highest BCUT2D eigenvalue weighted by atomic mass is 16.5. The quantitative estimate of drug-likeness (QED) is 0.545. The summed E-state index contributed by atoms with van der Waals surface area (Å²) in [5.74, 6) is -0.286. The number of nitrogens with one attached hydrogen (secondary N) is 1. The molecule has 1 fully saturated rings. The molecule has 170 valence electrons. The number of nitrogens with zero attached hydrogens (tertiary/aromatic N) is 2. The first kappa shape index (κ1) is 23.4. The van der Waals surface area contributed by atoms with Gasteiger partial charge in [-0.3, -0.25) is 9.59 Å². The highest BCUT2D eigenvalue weighted by Gasteiger charge is 2.23. The van der Waals surface area contributed by atoms with E-state index in [1.54, 1.807) is 36.4 Å². The van der Waals surface area contributed by atoms with Crippen molar-refractivity contribution in [1.82, 2.24) is 4.98 Å². The topological polar surface area (TPSA) is 97.8 Å². The number of benzene rings is 1. The van der Waals surface area contributed by atoms with Gasteiger partial charge in [0.2, 0.25) is 11.7 Å². The van der Waals surface area contributed by atoms with Crippen LogP contribution in [0.2, 0.25) is 0 Å². The SMILES string of the molecule is CC(OC(=O)c1ccc(N2CCOCC2)nc1)C(=O)c1ccc(NC(=O)C(C)(C)C)cc1. The minimum absolute atomic E-state index is 0.118. The summed E-state index contributed by atoms with van der Waals surface area (Å²) in [6.07, 6.45) is 0.494. The first-order chi connectivity index (χ1) is 15.1. The molecule has 1 aliphatic rings. The molecular formula is C24H29N3O5. The Morgan fingerprint density at radius 3 is 2.22 bits per heavy atom. The molecule has 0 spiro atoms. The molecule has 3 rings (SSSR count). The van der Waals surface area contributed by atoms with E-state index in [2.05, 4.69) is 15.2 Å². The number of Topliss-reactive ketones (excluding diaryl/α,β-unsaturated/α-hetero) is 1. The Morgan fingerprint density at radius 1 is 1.03 bits per heavy atom. The van der Waals surface area contributed by atoms with E-state index >= 15 is 0 Å². The van der Waals surface area contributed by atoms with Gasteiger partial charge in [0.1, 0.15) is 5.82 Å². The van der Waals surface area contributed by atoms with Crippen LogP contribution in [0.4, 0.5) is 11.5 Å². The fourth-order valence-electron chi connectivity index (χ4n) is 3.04. The number of ketones is 1. The van der Waals surface area contributed by atoms with Crippen LogP contribution < -0.4 is 10.2 Å². The monoisotopic (exact) mass is 439 g/mol. The van der Waals surface area contributed by atoms with Crippen LogP contribution in [0.15, 0.2) is 42.6 Å². The number of anilines is 2. The molecule has 1 aliphatic heterocycles. The molecule has 0 bridgehead atoms. The van der Waals surface area contributed by atoms with E-state index in [1.807, 2.05) is 20.8 Å². The summed E-state index contributed by atoms with van der Waals surface area (Å²) in [7, 11) is 0. The minimum Gasteiger partial charge on any atom is -0.451 e. The maximum Gasteiger partial charge on any atom is 0.340 e. The average Bonchev–Trinajstić information content (AvgIpc) is 2.79. The molecule has 0 radical (unpaired) electrons. The Kier molecular flexibility index (Phi) is 7.25. The van der Waals surface area contributed by atoms with Gasteiger partial charge in [0.25, 0.3) is 0 Å². The molecular weight excluding hydrogens is 410 g/mol. The molecule has 8 heteroatoms. The third kappa shape index (κ3) is 5.91. The van der Waals surface area contributed by atoms with Crippen LogP contribution in [0, 0.1) is 5.41 Å². The number of aromatic nitrogens is 1. The Bertz CT molecular complexity index is 959. The molecule has 1 atom stereocenters. The smallest absolute Gasteiger partial charge is 0.340 e. The van der Waals surface area contributed by atoms with Crippen molar-refractivity contribution in [2.75, 3.05) is 36.5 Å². The number of amides is 1. The van der Waals surface area contributed by atoms with Gasteiger partial charge in [-0.25, -0.2) is 9.78 Å². The van der Waals surface area contributed by atoms with Crippen LogP contribution in [0.3, 0.4) is 0 Å². The van der Waals surface area contributed by atoms with Gasteiger partial charge in [-0.15, -0.1) is 0 Å². The summed E-state index contributed by atoms with van der Waals surface area (Å²) in [4.78, 5) is 43.6. The van der Waals surface area contributed by atoms with Crippen LogP contribution in [0.25, 0.3) is 0 Å². The van der Waals surface area contributed by atoms with E-state index in [0.29, 0.717) is 24.5 Å². The van der Waals surface area contributed by atoms with Gasteiger partial charge in [0.15, 0.2) is 6.10 Å². The number of ether oxygens (including phenoxy) is 2. The zero-order chi connectivity index (χ0) is 23.3. The zero-order valence-corrected chi connectivity index (χ0v) is 18.9. The normalized spacial score (nSPS) is 15.1. The predicted molar refractivity (Wildman–Crippen MR) is 121 cm³/mol. The molecule has 2 aromatic rings. The van der Waals surface area contributed by atoms with E-state index in [0.717, 1.165) is 18.9 Å². The van der Waals surface area contributed by atoms with E-state index in [9.17, 15) is 14.4 Å². The van der Waals surface area contributed by atoms with Gasteiger partial charge in [0.05, 0.1) is 18.8 Å². The molecule has 2 heterocycles. The summed E-state index contributed by atoms with van der Waals surface area (Å²) in [6, 6.07) is 9.91. The maximum atomic E-state index is 12.7. The molecule has 1 amide bonds. The minimum atomic E-state index is -0.962. The zero-order valence-electron chi connectivity index (χ0n) is 18.9. The van der Waals surface area contributed by atoms with Crippen LogP contribution >= 0.6 is 0 Å². The number of carbonyl (C=O) groups excluding carboxylic acids is 3. The first-order valence-corrected chi connectivity index (χ1v) is 10.6. The highest BCUT2D eigenvalue weighted by molar-refractivity contribution is 6.02. The third-order valence-electron chi connectivity index (χ3n) is 5.08. The van der Waals surface area contributed by atoms with Crippen molar-refractivity contribution in [2.45, 2.75) is 33.8 Å². The Hall–Kier alpha value is -3.26. The molecule has 0 saturated carbocycles. The fraction of sp³-hybridized carbons (Fsp3) is 0.417. The number of esters is 1. The summed E-state index contributed by atoms with van der Waals surface area (Å²) < 4.78 is 10.7. The average molecular weight is 440 g/mol. The highest BCUT2D eigenvalue weighted by Crippen LogP contribution is 2.19. The largest absolute Gasteiger partial charge is 0.451 e. The van der Waals surface area contributed by atoms with E-state index in [1.165, 1.54) is 13.1 Å². The molecule has 1 saturated heterocycles. The van der Waals surface area contributed by atoms with Gasteiger partial charge in [-0.05, 0) is 43.3 Å². The van der Waals surface area contributed by atoms with Gasteiger partial charge in [-0.2, -0.15) is 0 Å². The number of rotatable bonds is 6. The molecule has 32 heavy (non-hydrogen) atoms. The Morgan fingerprint density at radius 2 is 1.66 bits per heavy atom. The van der Waals surface area contributed by atoms with Crippen molar-refractivity contribution < 1.29 is 23.9 Å². The standard InChI is InChI=1S/C24H29N3O5/c1-16(21(28)17-5-8-19(9-6-17)26-23(30)24(2,3)4)32-22(29)18-7-10-20(25-15-18)27-11-13-31-14-12-27/h5-10,15-16H,11-14H2,1-4H3,(H,26,30). The van der Waals surface area contributed by atoms with Crippen molar-refractivity contribution in [1.29, 1.82) is 0 Å². The number of carbonyl (C=O) groups is 3. The second-order valence-corrected chi connectivity index (χ2v) is 8.70. The molecule has 1 N–H and O–H groups in total. The fourth-order valence-corrected chi connectivity index (χ4v) is 3.04. The van der Waals surface area contributed by atoms with E-state index in [-0.39, 0.29) is 17.3 Å². The van der Waals surface area contributed by atoms with Gasteiger partial charge in [-0.1, -0.05) is 20.8 Å². The maximum absolute atomic E-state index is 12.7.